The lowest BCUT2D eigenvalue weighted by Gasteiger charge is -2.03. The van der Waals surface area contributed by atoms with Crippen LogP contribution in [0.15, 0.2) is 48.7 Å². The van der Waals surface area contributed by atoms with Crippen LogP contribution < -0.4 is 11.3 Å². The normalized spacial score (nSPS) is 10.1. The topological polar surface area (TPSA) is 68.0 Å². The molecule has 0 aliphatic heterocycles. The Bertz CT molecular complexity index is 1000. The minimum atomic E-state index is -0.347. The predicted octanol–water partition coefficient (Wildman–Crippen LogP) is 3.20. The van der Waals surface area contributed by atoms with Gasteiger partial charge in [-0.25, -0.2) is 5.84 Å². The van der Waals surface area contributed by atoms with Gasteiger partial charge in [0.1, 0.15) is 0 Å². The highest BCUT2D eigenvalue weighted by Gasteiger charge is 2.05. The van der Waals surface area contributed by atoms with Crippen LogP contribution in [0, 0.1) is 18.8 Å². The number of nitrogens with one attached hydrogen (secondary N) is 1. The Labute approximate surface area is 144 Å². The third kappa shape index (κ3) is 3.38. The number of aryl methyl sites for hydroxylation is 1. The van der Waals surface area contributed by atoms with Crippen molar-refractivity contribution in [3.63, 3.8) is 0 Å². The van der Waals surface area contributed by atoms with Gasteiger partial charge in [-0.15, -0.1) is 0 Å². The molecule has 5 heteroatoms. The molecule has 1 aromatic heterocycles. The number of pyridine rings is 1. The van der Waals surface area contributed by atoms with Gasteiger partial charge in [0.05, 0.1) is 5.52 Å². The van der Waals surface area contributed by atoms with Gasteiger partial charge >= 0.3 is 0 Å². The molecule has 3 aromatic rings. The number of rotatable bonds is 1. The summed E-state index contributed by atoms with van der Waals surface area (Å²) in [7, 11) is 0. The van der Waals surface area contributed by atoms with Gasteiger partial charge in [-0.05, 0) is 48.9 Å². The Kier molecular flexibility index (Phi) is 4.48. The molecule has 4 nitrogen and oxygen atoms in total. The van der Waals surface area contributed by atoms with E-state index in [2.05, 4.69) is 22.3 Å². The minimum absolute atomic E-state index is 0.347. The van der Waals surface area contributed by atoms with Crippen LogP contribution in [0.3, 0.4) is 0 Å². The zero-order chi connectivity index (χ0) is 17.1. The SMILES string of the molecule is Cc1ccc(C(=O)NN)cc1C#Cc1cnc2ccc(Cl)cc2c1. The van der Waals surface area contributed by atoms with Crippen molar-refractivity contribution >= 4 is 28.4 Å². The molecule has 24 heavy (non-hydrogen) atoms. The van der Waals surface area contributed by atoms with Gasteiger partial charge in [-0.1, -0.05) is 29.5 Å². The van der Waals surface area contributed by atoms with Crippen molar-refractivity contribution in [2.75, 3.05) is 0 Å². The van der Waals surface area contributed by atoms with Crippen molar-refractivity contribution in [2.24, 2.45) is 5.84 Å². The molecule has 2 aromatic carbocycles. The molecule has 0 aliphatic rings. The van der Waals surface area contributed by atoms with Crippen LogP contribution in [0.25, 0.3) is 10.9 Å². The highest BCUT2D eigenvalue weighted by atomic mass is 35.5. The van der Waals surface area contributed by atoms with Crippen molar-refractivity contribution < 1.29 is 4.79 Å². The summed E-state index contributed by atoms with van der Waals surface area (Å²) in [4.78, 5) is 16.0. The van der Waals surface area contributed by atoms with Crippen molar-refractivity contribution in [1.29, 1.82) is 0 Å². The summed E-state index contributed by atoms with van der Waals surface area (Å²) >= 11 is 6.01. The lowest BCUT2D eigenvalue weighted by molar-refractivity contribution is 0.0953. The average molecular weight is 336 g/mol. The number of hydrazine groups is 1. The molecular weight excluding hydrogens is 322 g/mol. The molecule has 3 rings (SSSR count). The maximum atomic E-state index is 11.6. The first-order chi connectivity index (χ1) is 11.6. The van der Waals surface area contributed by atoms with Crippen molar-refractivity contribution in [3.8, 4) is 11.8 Å². The quantitative estimate of drug-likeness (QED) is 0.310. The number of amides is 1. The Morgan fingerprint density at radius 3 is 2.79 bits per heavy atom. The van der Waals surface area contributed by atoms with Crippen LogP contribution in [0.4, 0.5) is 0 Å². The molecule has 3 N–H and O–H groups in total. The fourth-order valence-electron chi connectivity index (χ4n) is 2.29. The summed E-state index contributed by atoms with van der Waals surface area (Å²) in [6.07, 6.45) is 1.72. The first-order valence-electron chi connectivity index (χ1n) is 7.26. The zero-order valence-corrected chi connectivity index (χ0v) is 13.7. The van der Waals surface area contributed by atoms with Gasteiger partial charge in [0, 0.05) is 33.3 Å². The van der Waals surface area contributed by atoms with Gasteiger partial charge in [0.2, 0.25) is 0 Å². The number of benzene rings is 2. The molecule has 0 saturated carbocycles. The molecule has 0 bridgehead atoms. The summed E-state index contributed by atoms with van der Waals surface area (Å²) in [5.74, 6) is 11.0. The van der Waals surface area contributed by atoms with Crippen molar-refractivity contribution in [1.82, 2.24) is 10.4 Å². The molecule has 118 valence electrons. The van der Waals surface area contributed by atoms with Crippen LogP contribution in [0.2, 0.25) is 5.02 Å². The maximum Gasteiger partial charge on any atom is 0.265 e. The molecule has 0 saturated heterocycles. The van der Waals surface area contributed by atoms with E-state index < -0.39 is 0 Å². The van der Waals surface area contributed by atoms with Crippen LogP contribution in [-0.2, 0) is 0 Å². The molecule has 0 unspecified atom stereocenters. The lowest BCUT2D eigenvalue weighted by Crippen LogP contribution is -2.30. The Morgan fingerprint density at radius 1 is 1.17 bits per heavy atom. The highest BCUT2D eigenvalue weighted by molar-refractivity contribution is 6.31. The highest BCUT2D eigenvalue weighted by Crippen LogP contribution is 2.18. The van der Waals surface area contributed by atoms with Crippen molar-refractivity contribution in [3.05, 3.63) is 75.9 Å². The van der Waals surface area contributed by atoms with E-state index >= 15 is 0 Å². The third-order valence-electron chi connectivity index (χ3n) is 3.62. The fraction of sp³-hybridized carbons (Fsp3) is 0.0526. The molecule has 0 radical (unpaired) electrons. The summed E-state index contributed by atoms with van der Waals surface area (Å²) in [6.45, 7) is 1.94. The number of aromatic nitrogens is 1. The van der Waals surface area contributed by atoms with Crippen LogP contribution >= 0.6 is 11.6 Å². The van der Waals surface area contributed by atoms with Crippen LogP contribution in [-0.4, -0.2) is 10.9 Å². The zero-order valence-electron chi connectivity index (χ0n) is 12.9. The summed E-state index contributed by atoms with van der Waals surface area (Å²) in [6, 6.07) is 12.7. The largest absolute Gasteiger partial charge is 0.290 e. The van der Waals surface area contributed by atoms with E-state index in [1.807, 2.05) is 31.2 Å². The van der Waals surface area contributed by atoms with E-state index in [1.54, 1.807) is 24.4 Å². The minimum Gasteiger partial charge on any atom is -0.290 e. The molecule has 0 atom stereocenters. The van der Waals surface area contributed by atoms with Gasteiger partial charge in [-0.3, -0.25) is 15.2 Å². The first-order valence-corrected chi connectivity index (χ1v) is 7.63. The van der Waals surface area contributed by atoms with Crippen LogP contribution in [0.5, 0.6) is 0 Å². The average Bonchev–Trinajstić information content (AvgIpc) is 2.60. The number of nitrogens with two attached hydrogens (primary N) is 1. The maximum absolute atomic E-state index is 11.6. The Morgan fingerprint density at radius 2 is 2.00 bits per heavy atom. The standard InChI is InChI=1S/C19H14ClN3O/c1-12-2-4-15(19(24)23-21)9-14(12)5-3-13-8-16-10-17(20)6-7-18(16)22-11-13/h2,4,6-11H,21H2,1H3,(H,23,24). The molecule has 1 amide bonds. The number of fused-ring (bicyclic) bond motifs is 1. The van der Waals surface area contributed by atoms with Crippen molar-refractivity contribution in [2.45, 2.75) is 6.92 Å². The second kappa shape index (κ2) is 6.71. The molecule has 0 spiro atoms. The van der Waals surface area contributed by atoms with E-state index in [9.17, 15) is 4.79 Å². The number of nitrogens with zero attached hydrogens (tertiary/aromatic N) is 1. The van der Waals surface area contributed by atoms with Gasteiger partial charge in [-0.2, -0.15) is 0 Å². The molecule has 0 fully saturated rings. The summed E-state index contributed by atoms with van der Waals surface area (Å²) in [5, 5.41) is 1.59. The molecular formula is C19H14ClN3O. The second-order valence-electron chi connectivity index (χ2n) is 5.31. The van der Waals surface area contributed by atoms with Gasteiger partial charge in [0.25, 0.3) is 5.91 Å². The number of carbonyl (C=O) groups is 1. The number of hydrogen-bond acceptors (Lipinski definition) is 3. The van der Waals surface area contributed by atoms with E-state index in [-0.39, 0.29) is 5.91 Å². The second-order valence-corrected chi connectivity index (χ2v) is 5.75. The van der Waals surface area contributed by atoms with E-state index in [0.29, 0.717) is 10.6 Å². The van der Waals surface area contributed by atoms with Crippen LogP contribution in [0.1, 0.15) is 27.0 Å². The Balaban J connectivity index is 1.99. The molecule has 1 heterocycles. The van der Waals surface area contributed by atoms with Gasteiger partial charge < -0.3 is 0 Å². The van der Waals surface area contributed by atoms with E-state index in [1.165, 1.54) is 0 Å². The number of nitrogen functional groups attached to an aromatic ring is 1. The van der Waals surface area contributed by atoms with Gasteiger partial charge in [0.15, 0.2) is 0 Å². The number of hydrogen-bond donors (Lipinski definition) is 2. The lowest BCUT2D eigenvalue weighted by atomic mass is 10.0. The first kappa shape index (κ1) is 16.0. The predicted molar refractivity (Wildman–Crippen MR) is 95.6 cm³/mol. The Hall–Kier alpha value is -2.87. The monoisotopic (exact) mass is 335 g/mol. The number of halogens is 1. The molecule has 0 aliphatic carbocycles. The fourth-order valence-corrected chi connectivity index (χ4v) is 2.47. The summed E-state index contributed by atoms with van der Waals surface area (Å²) < 4.78 is 0. The number of carbonyl (C=O) groups excluding carboxylic acids is 1. The van der Waals surface area contributed by atoms with E-state index in [0.717, 1.165) is 27.6 Å². The third-order valence-corrected chi connectivity index (χ3v) is 3.85. The summed E-state index contributed by atoms with van der Waals surface area (Å²) in [5.41, 5.74) is 5.97. The van der Waals surface area contributed by atoms with E-state index in [4.69, 9.17) is 17.4 Å². The smallest absolute Gasteiger partial charge is 0.265 e.